The van der Waals surface area contributed by atoms with Crippen LogP contribution in [-0.4, -0.2) is 46.4 Å². The molecule has 2 heterocycles. The maximum absolute atomic E-state index is 12.9. The largest absolute Gasteiger partial charge is 0.351 e. The molecule has 2 amide bonds. The zero-order valence-corrected chi connectivity index (χ0v) is 13.9. The number of amides is 2. The molecular formula is C18H21N3O3. The van der Waals surface area contributed by atoms with Gasteiger partial charge in [-0.25, -0.2) is 0 Å². The molecule has 0 radical (unpaired) electrons. The summed E-state index contributed by atoms with van der Waals surface area (Å²) in [5.74, 6) is 0.0966. The van der Waals surface area contributed by atoms with Gasteiger partial charge in [-0.2, -0.15) is 0 Å². The maximum Gasteiger partial charge on any atom is 0.293 e. The third-order valence-corrected chi connectivity index (χ3v) is 4.40. The van der Waals surface area contributed by atoms with E-state index in [0.717, 1.165) is 17.7 Å². The normalized spacial score (nSPS) is 17.8. The van der Waals surface area contributed by atoms with Gasteiger partial charge in [0.1, 0.15) is 0 Å². The maximum atomic E-state index is 12.9. The fraction of sp³-hybridized carbons (Fsp3) is 0.389. The van der Waals surface area contributed by atoms with Gasteiger partial charge in [0, 0.05) is 32.6 Å². The highest BCUT2D eigenvalue weighted by molar-refractivity contribution is 5.92. The number of carbonyl (C=O) groups is 2. The number of piperazine rings is 1. The third kappa shape index (κ3) is 3.18. The smallest absolute Gasteiger partial charge is 0.293 e. The predicted octanol–water partition coefficient (Wildman–Crippen LogP) is 2.28. The second-order valence-corrected chi connectivity index (χ2v) is 5.93. The lowest BCUT2D eigenvalue weighted by atomic mass is 10.0. The molecule has 0 saturated carbocycles. The van der Waals surface area contributed by atoms with Crippen molar-refractivity contribution in [3.63, 3.8) is 0 Å². The molecule has 3 rings (SSSR count). The highest BCUT2D eigenvalue weighted by Gasteiger charge is 2.34. The van der Waals surface area contributed by atoms with Crippen molar-refractivity contribution < 1.29 is 14.1 Å². The summed E-state index contributed by atoms with van der Waals surface area (Å²) in [6.45, 7) is 5.01. The van der Waals surface area contributed by atoms with Crippen molar-refractivity contribution in [3.8, 4) is 0 Å². The van der Waals surface area contributed by atoms with Crippen LogP contribution in [0.5, 0.6) is 0 Å². The lowest BCUT2D eigenvalue weighted by Gasteiger charge is -2.41. The first kappa shape index (κ1) is 16.2. The van der Waals surface area contributed by atoms with Crippen molar-refractivity contribution in [2.45, 2.75) is 26.3 Å². The van der Waals surface area contributed by atoms with Crippen LogP contribution < -0.4 is 0 Å². The van der Waals surface area contributed by atoms with Gasteiger partial charge in [-0.3, -0.25) is 9.59 Å². The van der Waals surface area contributed by atoms with Crippen molar-refractivity contribution >= 4 is 11.8 Å². The summed E-state index contributed by atoms with van der Waals surface area (Å²) in [4.78, 5) is 28.2. The van der Waals surface area contributed by atoms with E-state index in [1.165, 1.54) is 0 Å². The van der Waals surface area contributed by atoms with Gasteiger partial charge in [0.05, 0.1) is 11.7 Å². The van der Waals surface area contributed by atoms with E-state index in [9.17, 15) is 9.59 Å². The minimum Gasteiger partial charge on any atom is -0.351 e. The monoisotopic (exact) mass is 327 g/mol. The van der Waals surface area contributed by atoms with E-state index in [2.05, 4.69) is 5.16 Å². The highest BCUT2D eigenvalue weighted by Crippen LogP contribution is 2.27. The lowest BCUT2D eigenvalue weighted by Crippen LogP contribution is -2.51. The van der Waals surface area contributed by atoms with E-state index < -0.39 is 0 Å². The Labute approximate surface area is 141 Å². The van der Waals surface area contributed by atoms with Crippen LogP contribution >= 0.6 is 0 Å². The van der Waals surface area contributed by atoms with Gasteiger partial charge in [-0.1, -0.05) is 42.4 Å². The number of benzene rings is 1. The van der Waals surface area contributed by atoms with Gasteiger partial charge >= 0.3 is 0 Å². The third-order valence-electron chi connectivity index (χ3n) is 4.40. The molecule has 2 aromatic rings. The molecule has 0 aliphatic carbocycles. The molecule has 6 nitrogen and oxygen atoms in total. The van der Waals surface area contributed by atoms with E-state index >= 15 is 0 Å². The molecule has 6 heteroatoms. The SMILES string of the molecule is CCc1cc(C(=O)N2CCN(C(C)=O)C[C@@H]2c2ccccc2)on1. The summed E-state index contributed by atoms with van der Waals surface area (Å²) in [7, 11) is 0. The Hall–Kier alpha value is -2.63. The van der Waals surface area contributed by atoms with Crippen molar-refractivity contribution in [3.05, 3.63) is 53.4 Å². The first-order valence-corrected chi connectivity index (χ1v) is 8.17. The molecule has 1 saturated heterocycles. The summed E-state index contributed by atoms with van der Waals surface area (Å²) in [6.07, 6.45) is 0.719. The minimum absolute atomic E-state index is 0.0240. The second-order valence-electron chi connectivity index (χ2n) is 5.93. The van der Waals surface area contributed by atoms with Gasteiger partial charge in [-0.05, 0) is 12.0 Å². The number of hydrogen-bond donors (Lipinski definition) is 0. The molecule has 1 aliphatic heterocycles. The van der Waals surface area contributed by atoms with Crippen LogP contribution in [0.15, 0.2) is 40.9 Å². The number of hydrogen-bond acceptors (Lipinski definition) is 4. The summed E-state index contributed by atoms with van der Waals surface area (Å²) >= 11 is 0. The Balaban J connectivity index is 1.89. The Morgan fingerprint density at radius 3 is 2.62 bits per heavy atom. The second kappa shape index (κ2) is 6.86. The van der Waals surface area contributed by atoms with Crippen LogP contribution in [0.1, 0.15) is 41.7 Å². The van der Waals surface area contributed by atoms with Crippen molar-refractivity contribution in [1.29, 1.82) is 0 Å². The van der Waals surface area contributed by atoms with Crippen LogP contribution in [0.2, 0.25) is 0 Å². The lowest BCUT2D eigenvalue weighted by molar-refractivity contribution is -0.131. The molecule has 1 fully saturated rings. The molecule has 24 heavy (non-hydrogen) atoms. The summed E-state index contributed by atoms with van der Waals surface area (Å²) in [6, 6.07) is 11.3. The van der Waals surface area contributed by atoms with Gasteiger partial charge in [-0.15, -0.1) is 0 Å². The first-order chi connectivity index (χ1) is 11.6. The van der Waals surface area contributed by atoms with E-state index in [0.29, 0.717) is 19.6 Å². The van der Waals surface area contributed by atoms with E-state index in [1.54, 1.807) is 22.8 Å². The fourth-order valence-corrected chi connectivity index (χ4v) is 2.99. The minimum atomic E-state index is -0.188. The Kier molecular flexibility index (Phi) is 4.64. The number of carbonyl (C=O) groups excluding carboxylic acids is 2. The van der Waals surface area contributed by atoms with Crippen LogP contribution in [0.3, 0.4) is 0 Å². The van der Waals surface area contributed by atoms with Crippen LogP contribution in [0.25, 0.3) is 0 Å². The summed E-state index contributed by atoms with van der Waals surface area (Å²) in [5.41, 5.74) is 1.77. The average molecular weight is 327 g/mol. The van der Waals surface area contributed by atoms with Crippen LogP contribution in [0.4, 0.5) is 0 Å². The zero-order chi connectivity index (χ0) is 17.1. The number of rotatable bonds is 3. The molecule has 0 bridgehead atoms. The van der Waals surface area contributed by atoms with E-state index in [4.69, 9.17) is 4.52 Å². The quantitative estimate of drug-likeness (QED) is 0.867. The Morgan fingerprint density at radius 2 is 2.00 bits per heavy atom. The summed E-state index contributed by atoms with van der Waals surface area (Å²) < 4.78 is 5.21. The topological polar surface area (TPSA) is 66.7 Å². The molecule has 0 N–H and O–H groups in total. The van der Waals surface area contributed by atoms with Gasteiger partial charge < -0.3 is 14.3 Å². The number of aryl methyl sites for hydroxylation is 1. The van der Waals surface area contributed by atoms with Gasteiger partial charge in [0.2, 0.25) is 11.7 Å². The highest BCUT2D eigenvalue weighted by atomic mass is 16.5. The standard InChI is InChI=1S/C18H21N3O3/c1-3-15-11-17(24-19-15)18(23)21-10-9-20(13(2)22)12-16(21)14-7-5-4-6-8-14/h4-8,11,16H,3,9-10,12H2,1-2H3/t16-/m1/s1. The van der Waals surface area contributed by atoms with Crippen LogP contribution in [-0.2, 0) is 11.2 Å². The molecule has 0 spiro atoms. The van der Waals surface area contributed by atoms with Crippen LogP contribution in [0, 0.1) is 0 Å². The predicted molar refractivity (Wildman–Crippen MR) is 88.4 cm³/mol. The fourth-order valence-electron chi connectivity index (χ4n) is 2.99. The molecule has 1 aromatic carbocycles. The first-order valence-electron chi connectivity index (χ1n) is 8.17. The molecule has 1 aromatic heterocycles. The Morgan fingerprint density at radius 1 is 1.25 bits per heavy atom. The van der Waals surface area contributed by atoms with Crippen molar-refractivity contribution in [2.24, 2.45) is 0 Å². The average Bonchev–Trinajstić information content (AvgIpc) is 3.10. The Bertz CT molecular complexity index is 726. The number of nitrogens with zero attached hydrogens (tertiary/aromatic N) is 3. The van der Waals surface area contributed by atoms with Gasteiger partial charge in [0.15, 0.2) is 0 Å². The van der Waals surface area contributed by atoms with E-state index in [-0.39, 0.29) is 23.6 Å². The molecule has 1 atom stereocenters. The molecule has 126 valence electrons. The number of aromatic nitrogens is 1. The van der Waals surface area contributed by atoms with Crippen molar-refractivity contribution in [2.75, 3.05) is 19.6 Å². The molecule has 0 unspecified atom stereocenters. The molecular weight excluding hydrogens is 306 g/mol. The zero-order valence-electron chi connectivity index (χ0n) is 13.9. The van der Waals surface area contributed by atoms with Crippen molar-refractivity contribution in [1.82, 2.24) is 15.0 Å². The van der Waals surface area contributed by atoms with Gasteiger partial charge in [0.25, 0.3) is 5.91 Å². The van der Waals surface area contributed by atoms with E-state index in [1.807, 2.05) is 37.3 Å². The molecule has 1 aliphatic rings. The summed E-state index contributed by atoms with van der Waals surface area (Å²) in [5, 5.41) is 3.90.